The summed E-state index contributed by atoms with van der Waals surface area (Å²) in [4.78, 5) is 12.5. The molecule has 0 aliphatic rings. The Morgan fingerprint density at radius 2 is 1.74 bits per heavy atom. The molecule has 0 aliphatic heterocycles. The lowest BCUT2D eigenvalue weighted by Gasteiger charge is -2.16. The summed E-state index contributed by atoms with van der Waals surface area (Å²) in [6, 6.07) is 7.39. The van der Waals surface area contributed by atoms with Crippen LogP contribution in [0.4, 0.5) is 10.1 Å². The van der Waals surface area contributed by atoms with Crippen LogP contribution in [-0.4, -0.2) is 27.2 Å². The minimum atomic E-state index is -0.524. The maximum Gasteiger partial charge on any atom is 0.257 e. The second-order valence-electron chi connectivity index (χ2n) is 4.44. The van der Waals surface area contributed by atoms with Crippen LogP contribution in [0.5, 0.6) is 17.2 Å². The lowest BCUT2D eigenvalue weighted by Crippen LogP contribution is -2.14. The van der Waals surface area contributed by atoms with Gasteiger partial charge in [-0.15, -0.1) is 0 Å². The lowest BCUT2D eigenvalue weighted by atomic mass is 10.1. The van der Waals surface area contributed by atoms with Crippen LogP contribution in [0.2, 0.25) is 0 Å². The molecular weight excluding hydrogens is 369 g/mol. The van der Waals surface area contributed by atoms with Crippen molar-refractivity contribution in [2.24, 2.45) is 0 Å². The molecule has 0 saturated carbocycles. The maximum atomic E-state index is 13.7. The van der Waals surface area contributed by atoms with E-state index in [0.29, 0.717) is 21.7 Å². The fourth-order valence-electron chi connectivity index (χ4n) is 2.04. The van der Waals surface area contributed by atoms with E-state index in [1.807, 2.05) is 0 Å². The average Bonchev–Trinajstić information content (AvgIpc) is 2.56. The summed E-state index contributed by atoms with van der Waals surface area (Å²) in [5.74, 6) is -0.0493. The second-order valence-corrected chi connectivity index (χ2v) is 5.23. The van der Waals surface area contributed by atoms with Gasteiger partial charge in [0.15, 0.2) is 11.5 Å². The number of ether oxygens (including phenoxy) is 3. The normalized spacial score (nSPS) is 10.1. The van der Waals surface area contributed by atoms with Crippen molar-refractivity contribution in [1.82, 2.24) is 0 Å². The molecule has 1 N–H and O–H groups in total. The van der Waals surface area contributed by atoms with Crippen molar-refractivity contribution in [3.8, 4) is 17.2 Å². The van der Waals surface area contributed by atoms with Crippen molar-refractivity contribution in [2.75, 3.05) is 26.6 Å². The van der Waals surface area contributed by atoms with Gasteiger partial charge in [0, 0.05) is 0 Å². The number of benzene rings is 2. The van der Waals surface area contributed by atoms with Crippen molar-refractivity contribution >= 4 is 27.5 Å². The monoisotopic (exact) mass is 383 g/mol. The van der Waals surface area contributed by atoms with Gasteiger partial charge in [0.1, 0.15) is 5.82 Å². The molecule has 5 nitrogen and oxygen atoms in total. The first-order valence-corrected chi connectivity index (χ1v) is 7.37. The Bertz CT molecular complexity index is 736. The fourth-order valence-corrected chi connectivity index (χ4v) is 2.68. The van der Waals surface area contributed by atoms with Gasteiger partial charge in [-0.2, -0.15) is 0 Å². The molecule has 0 aromatic heterocycles. The molecule has 0 atom stereocenters. The van der Waals surface area contributed by atoms with E-state index in [-0.39, 0.29) is 11.3 Å². The van der Waals surface area contributed by atoms with Gasteiger partial charge in [0.25, 0.3) is 5.91 Å². The summed E-state index contributed by atoms with van der Waals surface area (Å²) in [7, 11) is 4.36. The number of halogens is 2. The first-order chi connectivity index (χ1) is 11.0. The Morgan fingerprint density at radius 3 is 2.30 bits per heavy atom. The van der Waals surface area contributed by atoms with Gasteiger partial charge in [-0.25, -0.2) is 4.39 Å². The van der Waals surface area contributed by atoms with E-state index in [0.717, 1.165) is 0 Å². The second kappa shape index (κ2) is 7.32. The zero-order valence-electron chi connectivity index (χ0n) is 12.8. The number of carbonyl (C=O) groups is 1. The summed E-state index contributed by atoms with van der Waals surface area (Å²) in [6.45, 7) is 0. The molecule has 1 amide bonds. The van der Waals surface area contributed by atoms with E-state index in [4.69, 9.17) is 14.2 Å². The van der Waals surface area contributed by atoms with Crippen LogP contribution in [-0.2, 0) is 0 Å². The highest BCUT2D eigenvalue weighted by atomic mass is 79.9. The lowest BCUT2D eigenvalue weighted by molar-refractivity contribution is 0.102. The number of methoxy groups -OCH3 is 3. The maximum absolute atomic E-state index is 13.7. The predicted molar refractivity (Wildman–Crippen MR) is 88.2 cm³/mol. The molecule has 7 heteroatoms. The number of hydrogen-bond donors (Lipinski definition) is 1. The van der Waals surface area contributed by atoms with E-state index in [1.54, 1.807) is 12.1 Å². The van der Waals surface area contributed by atoms with E-state index < -0.39 is 11.7 Å². The SMILES string of the molecule is COc1cc(C(=O)Nc2ccccc2F)c(Br)c(OC)c1OC. The molecule has 0 saturated heterocycles. The molecule has 0 spiro atoms. The highest BCUT2D eigenvalue weighted by Crippen LogP contribution is 2.44. The number of anilines is 1. The van der Waals surface area contributed by atoms with Crippen LogP contribution in [0.25, 0.3) is 0 Å². The molecule has 0 unspecified atom stereocenters. The van der Waals surface area contributed by atoms with Crippen LogP contribution in [0.3, 0.4) is 0 Å². The van der Waals surface area contributed by atoms with E-state index in [9.17, 15) is 9.18 Å². The molecule has 23 heavy (non-hydrogen) atoms. The number of carbonyl (C=O) groups excluding carboxylic acids is 1. The summed E-state index contributed by atoms with van der Waals surface area (Å²) < 4.78 is 29.8. The Kier molecular flexibility index (Phi) is 5.44. The van der Waals surface area contributed by atoms with Crippen molar-refractivity contribution in [3.63, 3.8) is 0 Å². The van der Waals surface area contributed by atoms with Crippen molar-refractivity contribution in [3.05, 3.63) is 46.2 Å². The first-order valence-electron chi connectivity index (χ1n) is 6.57. The van der Waals surface area contributed by atoms with E-state index in [2.05, 4.69) is 21.2 Å². The summed E-state index contributed by atoms with van der Waals surface area (Å²) in [6.07, 6.45) is 0. The van der Waals surface area contributed by atoms with Gasteiger partial charge in [0.2, 0.25) is 5.75 Å². The van der Waals surface area contributed by atoms with Crippen molar-refractivity contribution < 1.29 is 23.4 Å². The molecule has 0 fully saturated rings. The topological polar surface area (TPSA) is 56.8 Å². The fraction of sp³-hybridized carbons (Fsp3) is 0.188. The van der Waals surface area contributed by atoms with Gasteiger partial charge >= 0.3 is 0 Å². The Labute approximate surface area is 141 Å². The Hall–Kier alpha value is -2.28. The molecule has 2 aromatic carbocycles. The van der Waals surface area contributed by atoms with Gasteiger partial charge in [0.05, 0.1) is 37.1 Å². The van der Waals surface area contributed by atoms with E-state index >= 15 is 0 Å². The van der Waals surface area contributed by atoms with Gasteiger partial charge in [-0.1, -0.05) is 12.1 Å². The minimum absolute atomic E-state index is 0.0816. The summed E-state index contributed by atoms with van der Waals surface area (Å²) >= 11 is 3.31. The minimum Gasteiger partial charge on any atom is -0.493 e. The third-order valence-electron chi connectivity index (χ3n) is 3.14. The average molecular weight is 384 g/mol. The molecule has 0 radical (unpaired) electrons. The highest BCUT2D eigenvalue weighted by Gasteiger charge is 2.23. The largest absolute Gasteiger partial charge is 0.493 e. The molecule has 0 aliphatic carbocycles. The van der Waals surface area contributed by atoms with Gasteiger partial charge in [-0.05, 0) is 34.1 Å². The van der Waals surface area contributed by atoms with Crippen LogP contribution in [0.1, 0.15) is 10.4 Å². The number of rotatable bonds is 5. The zero-order chi connectivity index (χ0) is 17.0. The summed E-state index contributed by atoms with van der Waals surface area (Å²) in [5.41, 5.74) is 0.306. The zero-order valence-corrected chi connectivity index (χ0v) is 14.4. The molecule has 122 valence electrons. The third kappa shape index (κ3) is 3.39. The van der Waals surface area contributed by atoms with Gasteiger partial charge < -0.3 is 19.5 Å². The number of nitrogens with one attached hydrogen (secondary N) is 1. The van der Waals surface area contributed by atoms with Crippen LogP contribution >= 0.6 is 15.9 Å². The summed E-state index contributed by atoms with van der Waals surface area (Å²) in [5, 5.41) is 2.51. The van der Waals surface area contributed by atoms with Crippen LogP contribution < -0.4 is 19.5 Å². The number of amides is 1. The first kappa shape index (κ1) is 17.1. The van der Waals surface area contributed by atoms with E-state index in [1.165, 1.54) is 39.5 Å². The number of para-hydroxylation sites is 1. The molecule has 0 bridgehead atoms. The molecular formula is C16H15BrFNO4. The van der Waals surface area contributed by atoms with Crippen LogP contribution in [0, 0.1) is 5.82 Å². The third-order valence-corrected chi connectivity index (χ3v) is 3.92. The van der Waals surface area contributed by atoms with Crippen LogP contribution in [0.15, 0.2) is 34.8 Å². The van der Waals surface area contributed by atoms with Gasteiger partial charge in [-0.3, -0.25) is 4.79 Å². The van der Waals surface area contributed by atoms with Crippen molar-refractivity contribution in [2.45, 2.75) is 0 Å². The Balaban J connectivity index is 2.46. The number of hydrogen-bond acceptors (Lipinski definition) is 4. The predicted octanol–water partition coefficient (Wildman–Crippen LogP) is 3.87. The molecule has 2 aromatic rings. The smallest absolute Gasteiger partial charge is 0.257 e. The highest BCUT2D eigenvalue weighted by molar-refractivity contribution is 9.10. The Morgan fingerprint density at radius 1 is 1.09 bits per heavy atom. The van der Waals surface area contributed by atoms with Crippen molar-refractivity contribution in [1.29, 1.82) is 0 Å². The quantitative estimate of drug-likeness (QED) is 0.851. The molecule has 2 rings (SSSR count). The molecule has 0 heterocycles. The standard InChI is InChI=1S/C16H15BrFNO4/c1-21-12-8-9(13(17)15(23-3)14(12)22-2)16(20)19-11-7-5-4-6-10(11)18/h4-8H,1-3H3,(H,19,20).